The number of ether oxygens (including phenoxy) is 1. The van der Waals surface area contributed by atoms with Gasteiger partial charge in [0.15, 0.2) is 0 Å². The Morgan fingerprint density at radius 2 is 1.54 bits per heavy atom. The van der Waals surface area contributed by atoms with Gasteiger partial charge in [-0.1, -0.05) is 43.6 Å². The van der Waals surface area contributed by atoms with Crippen LogP contribution in [0.4, 0.5) is 28.9 Å². The zero-order valence-electron chi connectivity index (χ0n) is 23.2. The minimum absolute atomic E-state index is 0.0276. The van der Waals surface area contributed by atoms with Gasteiger partial charge >= 0.3 is 12.1 Å². The minimum atomic E-state index is -4.85. The highest BCUT2D eigenvalue weighted by Gasteiger charge is 2.36. The first-order chi connectivity index (χ1) is 19.2. The molecule has 0 aromatic heterocycles. The van der Waals surface area contributed by atoms with Gasteiger partial charge in [-0.05, 0) is 42.5 Å². The first-order valence-corrected chi connectivity index (χ1v) is 12.5. The van der Waals surface area contributed by atoms with Crippen molar-refractivity contribution in [3.8, 4) is 0 Å². The average Bonchev–Trinajstić information content (AvgIpc) is 2.93. The second kappa shape index (κ2) is 15.5. The average molecular weight is 596 g/mol. The van der Waals surface area contributed by atoms with E-state index in [0.29, 0.717) is 5.69 Å². The van der Waals surface area contributed by atoms with Crippen LogP contribution in [0.3, 0.4) is 0 Å². The molecule has 0 saturated heterocycles. The molecule has 0 heterocycles. The van der Waals surface area contributed by atoms with Crippen LogP contribution < -0.4 is 10.2 Å². The number of hydrogen-bond donors (Lipinski definition) is 2. The summed E-state index contributed by atoms with van der Waals surface area (Å²) in [6, 6.07) is 12.6. The second-order valence-electron chi connectivity index (χ2n) is 7.97. The first kappa shape index (κ1) is 34.8. The van der Waals surface area contributed by atoms with Crippen molar-refractivity contribution in [2.24, 2.45) is 0 Å². The molecule has 3 rings (SSSR count). The minimum Gasteiger partial charge on any atom is -0.469 e. The summed E-state index contributed by atoms with van der Waals surface area (Å²) in [5.74, 6) is -2.46. The summed E-state index contributed by atoms with van der Waals surface area (Å²) >= 11 is 5.93. The highest BCUT2D eigenvalue weighted by Crippen LogP contribution is 2.36. The molecule has 0 bridgehead atoms. The van der Waals surface area contributed by atoms with Crippen molar-refractivity contribution < 1.29 is 36.7 Å². The molecule has 41 heavy (non-hydrogen) atoms. The van der Waals surface area contributed by atoms with Gasteiger partial charge in [0.25, 0.3) is 5.91 Å². The third kappa shape index (κ3) is 9.42. The number of carbonyl (C=O) groups is 3. The lowest BCUT2D eigenvalue weighted by atomic mass is 9.99. The van der Waals surface area contributed by atoms with Gasteiger partial charge in [0.2, 0.25) is 5.91 Å². The molecule has 2 amide bonds. The van der Waals surface area contributed by atoms with E-state index in [4.69, 9.17) is 17.0 Å². The van der Waals surface area contributed by atoms with Crippen LogP contribution in [0.1, 0.15) is 54.7 Å². The van der Waals surface area contributed by atoms with Gasteiger partial charge in [0.1, 0.15) is 5.82 Å². The van der Waals surface area contributed by atoms with E-state index in [2.05, 4.69) is 10.1 Å². The van der Waals surface area contributed by atoms with E-state index < -0.39 is 34.1 Å². The lowest BCUT2D eigenvalue weighted by molar-refractivity contribution is -0.138. The summed E-state index contributed by atoms with van der Waals surface area (Å²) in [6.07, 6.45) is -4.85. The number of methoxy groups -OCH3 is 1. The predicted octanol–water partition coefficient (Wildman–Crippen LogP) is 7.35. The molecule has 0 fully saturated rings. The number of carbonyl (C=O) groups excluding carboxylic acids is 3. The Morgan fingerprint density at radius 1 is 0.951 bits per heavy atom. The van der Waals surface area contributed by atoms with Crippen molar-refractivity contribution in [1.29, 1.82) is 5.41 Å². The molecule has 0 aliphatic heterocycles. The Balaban J connectivity index is 0.00000108. The zero-order chi connectivity index (χ0) is 31.5. The Hall–Kier alpha value is -4.25. The maximum absolute atomic E-state index is 14.3. The van der Waals surface area contributed by atoms with Crippen molar-refractivity contribution in [3.63, 3.8) is 0 Å². The Kier molecular flexibility index (Phi) is 13.2. The van der Waals surface area contributed by atoms with Gasteiger partial charge in [-0.25, -0.2) is 4.39 Å². The number of benzene rings is 3. The maximum atomic E-state index is 14.3. The van der Waals surface area contributed by atoms with Crippen LogP contribution >= 0.6 is 11.6 Å². The summed E-state index contributed by atoms with van der Waals surface area (Å²) in [5.41, 5.74) is -2.22. The summed E-state index contributed by atoms with van der Waals surface area (Å²) in [5, 5.41) is 10.4. The summed E-state index contributed by atoms with van der Waals surface area (Å²) in [6.45, 7) is 6.66. The molecular formula is C29H30ClF4N3O4. The van der Waals surface area contributed by atoms with E-state index in [1.807, 2.05) is 13.8 Å². The number of anilines is 2. The number of alkyl halides is 3. The largest absolute Gasteiger partial charge is 0.469 e. The van der Waals surface area contributed by atoms with Crippen LogP contribution in [0, 0.1) is 11.2 Å². The number of amides is 2. The molecule has 7 nitrogen and oxygen atoms in total. The number of rotatable bonds is 5. The van der Waals surface area contributed by atoms with Crippen molar-refractivity contribution in [1.82, 2.24) is 0 Å². The molecule has 3 aromatic carbocycles. The van der Waals surface area contributed by atoms with Gasteiger partial charge in [-0.15, -0.1) is 0 Å². The van der Waals surface area contributed by atoms with Crippen LogP contribution in [0.2, 0.25) is 5.02 Å². The highest BCUT2D eigenvalue weighted by molar-refractivity contribution is 6.35. The van der Waals surface area contributed by atoms with E-state index in [-0.39, 0.29) is 34.4 Å². The third-order valence-electron chi connectivity index (χ3n) is 5.36. The second-order valence-corrected chi connectivity index (χ2v) is 8.38. The molecule has 0 radical (unpaired) electrons. The molecule has 0 spiro atoms. The highest BCUT2D eigenvalue weighted by atomic mass is 35.5. The predicted molar refractivity (Wildman–Crippen MR) is 151 cm³/mol. The quantitative estimate of drug-likeness (QED) is 0.183. The van der Waals surface area contributed by atoms with Crippen LogP contribution in [0.5, 0.6) is 0 Å². The molecule has 220 valence electrons. The molecule has 0 atom stereocenters. The zero-order valence-corrected chi connectivity index (χ0v) is 24.0. The van der Waals surface area contributed by atoms with Crippen LogP contribution in [0.15, 0.2) is 60.7 Å². The van der Waals surface area contributed by atoms with Crippen LogP contribution in [-0.4, -0.2) is 37.7 Å². The Bertz CT molecular complexity index is 1410. The summed E-state index contributed by atoms with van der Waals surface area (Å²) in [4.78, 5) is 35.6. The molecule has 0 saturated carbocycles. The van der Waals surface area contributed by atoms with Gasteiger partial charge in [0.05, 0.1) is 34.7 Å². The molecule has 0 unspecified atom stereocenters. The van der Waals surface area contributed by atoms with Gasteiger partial charge in [-0.3, -0.25) is 19.8 Å². The van der Waals surface area contributed by atoms with E-state index >= 15 is 0 Å². The topological polar surface area (TPSA) is 99.6 Å². The lowest BCUT2D eigenvalue weighted by Gasteiger charge is -2.20. The lowest BCUT2D eigenvalue weighted by Crippen LogP contribution is -2.24. The van der Waals surface area contributed by atoms with Gasteiger partial charge < -0.3 is 15.0 Å². The number of halogens is 5. The smallest absolute Gasteiger partial charge is 0.417 e. The van der Waals surface area contributed by atoms with Gasteiger partial charge in [-0.2, -0.15) is 13.2 Å². The van der Waals surface area contributed by atoms with E-state index in [1.54, 1.807) is 0 Å². The maximum Gasteiger partial charge on any atom is 0.417 e. The normalized spacial score (nSPS) is 10.2. The molecule has 12 heteroatoms. The van der Waals surface area contributed by atoms with Crippen LogP contribution in [-0.2, 0) is 20.5 Å². The fourth-order valence-electron chi connectivity index (χ4n) is 3.23. The van der Waals surface area contributed by atoms with E-state index in [9.17, 15) is 31.9 Å². The van der Waals surface area contributed by atoms with Crippen molar-refractivity contribution >= 4 is 46.5 Å². The molecule has 2 N–H and O–H groups in total. The monoisotopic (exact) mass is 595 g/mol. The summed E-state index contributed by atoms with van der Waals surface area (Å²) in [7, 11) is 2.81. The number of nitrogens with zero attached hydrogens (tertiary/aromatic N) is 1. The SMILES string of the molecule is CC.CC(=O)N(C)c1ccc(C(=N)c2ccccc2F)c(NC(=O)c2c(Cl)cccc2C(F)(F)F)c1.COC(C)=O. The van der Waals surface area contributed by atoms with Crippen molar-refractivity contribution in [2.75, 3.05) is 24.4 Å². The van der Waals surface area contributed by atoms with Crippen molar-refractivity contribution in [3.05, 3.63) is 93.8 Å². The number of hydrogen-bond acceptors (Lipinski definition) is 5. The Labute approximate surface area is 240 Å². The third-order valence-corrected chi connectivity index (χ3v) is 5.67. The van der Waals surface area contributed by atoms with E-state index in [1.165, 1.54) is 69.3 Å². The molecular weight excluding hydrogens is 566 g/mol. The fraction of sp³-hybridized carbons (Fsp3) is 0.241. The van der Waals surface area contributed by atoms with Gasteiger partial charge in [0, 0.05) is 37.7 Å². The van der Waals surface area contributed by atoms with Crippen LogP contribution in [0.25, 0.3) is 0 Å². The fourth-order valence-corrected chi connectivity index (χ4v) is 3.49. The number of esters is 1. The first-order valence-electron chi connectivity index (χ1n) is 12.1. The number of nitrogens with one attached hydrogen (secondary N) is 2. The van der Waals surface area contributed by atoms with Crippen molar-refractivity contribution in [2.45, 2.75) is 33.9 Å². The standard InChI is InChI=1S/C24H18ClF4N3O2.C3H6O2.C2H6/c1-13(33)32(2)14-10-11-16(22(30)15-6-3-4-9-19(15)26)20(12-14)31-23(34)21-17(24(27,28)29)7-5-8-18(21)25;1-3(4)5-2;1-2/h3-12,30H,1-2H3,(H,31,34);1-2H3;1-2H3. The van der Waals surface area contributed by atoms with E-state index in [0.717, 1.165) is 24.3 Å². The molecule has 0 aliphatic rings. The Morgan fingerprint density at radius 3 is 2.05 bits per heavy atom. The molecule has 3 aromatic rings. The summed E-state index contributed by atoms with van der Waals surface area (Å²) < 4.78 is 58.9. The molecule has 0 aliphatic carbocycles.